The second-order valence-corrected chi connectivity index (χ2v) is 9.72. The first-order valence-corrected chi connectivity index (χ1v) is 12.2. The van der Waals surface area contributed by atoms with E-state index in [1.54, 1.807) is 12.1 Å². The summed E-state index contributed by atoms with van der Waals surface area (Å²) in [7, 11) is 2.14. The molecule has 1 saturated heterocycles. The summed E-state index contributed by atoms with van der Waals surface area (Å²) in [6.07, 6.45) is 8.56. The van der Waals surface area contributed by atoms with Crippen LogP contribution in [-0.2, 0) is 6.42 Å². The predicted molar refractivity (Wildman–Crippen MR) is 126 cm³/mol. The highest BCUT2D eigenvalue weighted by Gasteiger charge is 2.26. The minimum Gasteiger partial charge on any atom is -0.456 e. The Balaban J connectivity index is 1.56. The molecule has 2 aromatic carbocycles. The molecule has 0 radical (unpaired) electrons. The Morgan fingerprint density at radius 3 is 2.74 bits per heavy atom. The lowest BCUT2D eigenvalue weighted by Crippen LogP contribution is -2.33. The maximum atomic E-state index is 13.4. The molecule has 162 valence electrons. The largest absolute Gasteiger partial charge is 0.456 e. The molecule has 2 aliphatic heterocycles. The standard InChI is InChI=1S/C25H28FN3OS/c1-17-5-10-23-24(28(17)2)12-11-22(25(23)30-21-8-6-19(26)7-9-21)18-14-27-29(15-18)20-4-3-13-31-16-20/h6-9,11-12,14-15,17,20H,3-5,10,13,16H2,1-2H3. The summed E-state index contributed by atoms with van der Waals surface area (Å²) in [5, 5.41) is 4.70. The van der Waals surface area contributed by atoms with Crippen LogP contribution in [0.3, 0.4) is 0 Å². The summed E-state index contributed by atoms with van der Waals surface area (Å²) < 4.78 is 22.0. The molecule has 4 nitrogen and oxygen atoms in total. The quantitative estimate of drug-likeness (QED) is 0.478. The molecule has 2 atom stereocenters. The van der Waals surface area contributed by atoms with Crippen molar-refractivity contribution in [1.82, 2.24) is 9.78 Å². The van der Waals surface area contributed by atoms with Gasteiger partial charge in [-0.05, 0) is 74.8 Å². The Labute approximate surface area is 187 Å². The number of benzene rings is 2. The van der Waals surface area contributed by atoms with Crippen LogP contribution < -0.4 is 9.64 Å². The molecule has 1 aromatic heterocycles. The van der Waals surface area contributed by atoms with Crippen molar-refractivity contribution >= 4 is 17.4 Å². The molecule has 2 aliphatic rings. The van der Waals surface area contributed by atoms with Crippen LogP contribution in [-0.4, -0.2) is 34.4 Å². The Kier molecular flexibility index (Phi) is 5.65. The van der Waals surface area contributed by atoms with Gasteiger partial charge in [-0.25, -0.2) is 4.39 Å². The van der Waals surface area contributed by atoms with Crippen molar-refractivity contribution in [3.63, 3.8) is 0 Å². The Morgan fingerprint density at radius 1 is 1.13 bits per heavy atom. The SMILES string of the molecule is CC1CCc2c(ccc(-c3cnn(C4CCCSC4)c3)c2Oc2ccc(F)cc2)N1C. The third-order valence-corrected chi connectivity index (χ3v) is 7.74. The van der Waals surface area contributed by atoms with Crippen LogP contribution in [0.15, 0.2) is 48.8 Å². The normalized spacial score (nSPS) is 21.1. The highest BCUT2D eigenvalue weighted by molar-refractivity contribution is 7.99. The number of fused-ring (bicyclic) bond motifs is 1. The zero-order chi connectivity index (χ0) is 21.4. The summed E-state index contributed by atoms with van der Waals surface area (Å²) in [6.45, 7) is 2.25. The van der Waals surface area contributed by atoms with Gasteiger partial charge in [0.15, 0.2) is 0 Å². The molecule has 31 heavy (non-hydrogen) atoms. The summed E-state index contributed by atoms with van der Waals surface area (Å²) >= 11 is 2.01. The molecular weight excluding hydrogens is 409 g/mol. The van der Waals surface area contributed by atoms with Crippen LogP contribution in [0.1, 0.15) is 37.8 Å². The second kappa shape index (κ2) is 8.58. The number of anilines is 1. The second-order valence-electron chi connectivity index (χ2n) is 8.57. The minimum atomic E-state index is -0.261. The van der Waals surface area contributed by atoms with Gasteiger partial charge >= 0.3 is 0 Å². The van der Waals surface area contributed by atoms with Gasteiger partial charge in [-0.15, -0.1) is 0 Å². The molecule has 0 saturated carbocycles. The van der Waals surface area contributed by atoms with E-state index in [1.165, 1.54) is 42.0 Å². The topological polar surface area (TPSA) is 30.3 Å². The van der Waals surface area contributed by atoms with Gasteiger partial charge in [0.1, 0.15) is 17.3 Å². The van der Waals surface area contributed by atoms with Crippen LogP contribution in [0.2, 0.25) is 0 Å². The number of hydrogen-bond acceptors (Lipinski definition) is 4. The zero-order valence-corrected chi connectivity index (χ0v) is 18.9. The van der Waals surface area contributed by atoms with E-state index in [-0.39, 0.29) is 5.82 Å². The van der Waals surface area contributed by atoms with E-state index in [1.807, 2.05) is 18.0 Å². The molecule has 3 aromatic rings. The number of ether oxygens (including phenoxy) is 1. The number of hydrogen-bond donors (Lipinski definition) is 0. The fourth-order valence-corrected chi connectivity index (χ4v) is 5.68. The fraction of sp³-hybridized carbons (Fsp3) is 0.400. The lowest BCUT2D eigenvalue weighted by Gasteiger charge is -2.35. The van der Waals surface area contributed by atoms with Gasteiger partial charge in [0.25, 0.3) is 0 Å². The predicted octanol–water partition coefficient (Wildman–Crippen LogP) is 6.32. The van der Waals surface area contributed by atoms with Crippen LogP contribution in [0, 0.1) is 5.82 Å². The van der Waals surface area contributed by atoms with E-state index in [9.17, 15) is 4.39 Å². The Morgan fingerprint density at radius 2 is 1.97 bits per heavy atom. The molecule has 6 heteroatoms. The maximum Gasteiger partial charge on any atom is 0.140 e. The average molecular weight is 438 g/mol. The molecule has 0 amide bonds. The molecular formula is C25H28FN3OS. The van der Waals surface area contributed by atoms with Gasteiger partial charge in [0, 0.05) is 47.4 Å². The lowest BCUT2D eigenvalue weighted by molar-refractivity contribution is 0.455. The number of halogens is 1. The summed E-state index contributed by atoms with van der Waals surface area (Å²) in [6, 6.07) is 11.6. The Hall–Kier alpha value is -2.47. The van der Waals surface area contributed by atoms with E-state index in [0.29, 0.717) is 17.8 Å². The van der Waals surface area contributed by atoms with E-state index < -0.39 is 0 Å². The molecule has 0 spiro atoms. The van der Waals surface area contributed by atoms with Crippen molar-refractivity contribution in [3.05, 3.63) is 60.2 Å². The summed E-state index contributed by atoms with van der Waals surface area (Å²) in [4.78, 5) is 2.32. The van der Waals surface area contributed by atoms with Crippen molar-refractivity contribution in [2.24, 2.45) is 0 Å². The third-order valence-electron chi connectivity index (χ3n) is 6.55. The van der Waals surface area contributed by atoms with Gasteiger partial charge in [0.2, 0.25) is 0 Å². The summed E-state index contributed by atoms with van der Waals surface area (Å²) in [5.74, 6) is 3.61. The Bertz CT molecular complexity index is 1060. The van der Waals surface area contributed by atoms with Gasteiger partial charge < -0.3 is 9.64 Å². The van der Waals surface area contributed by atoms with Gasteiger partial charge in [-0.3, -0.25) is 4.68 Å². The van der Waals surface area contributed by atoms with Gasteiger partial charge in [-0.1, -0.05) is 0 Å². The van der Waals surface area contributed by atoms with Crippen molar-refractivity contribution in [3.8, 4) is 22.6 Å². The summed E-state index contributed by atoms with van der Waals surface area (Å²) in [5.41, 5.74) is 4.52. The lowest BCUT2D eigenvalue weighted by atomic mass is 9.93. The van der Waals surface area contributed by atoms with Gasteiger partial charge in [0.05, 0.1) is 12.2 Å². The molecule has 1 fully saturated rings. The van der Waals surface area contributed by atoms with Crippen molar-refractivity contribution in [2.45, 2.75) is 44.7 Å². The first kappa shape index (κ1) is 20.4. The highest BCUT2D eigenvalue weighted by Crippen LogP contribution is 2.44. The first-order valence-electron chi connectivity index (χ1n) is 11.0. The number of thioether (sulfide) groups is 1. The molecule has 0 N–H and O–H groups in total. The van der Waals surface area contributed by atoms with Crippen LogP contribution in [0.25, 0.3) is 11.1 Å². The highest BCUT2D eigenvalue weighted by atomic mass is 32.2. The first-order chi connectivity index (χ1) is 15.1. The van der Waals surface area contributed by atoms with E-state index >= 15 is 0 Å². The van der Waals surface area contributed by atoms with Crippen molar-refractivity contribution in [1.29, 1.82) is 0 Å². The van der Waals surface area contributed by atoms with Gasteiger partial charge in [-0.2, -0.15) is 16.9 Å². The zero-order valence-electron chi connectivity index (χ0n) is 18.1. The smallest absolute Gasteiger partial charge is 0.140 e. The van der Waals surface area contributed by atoms with Crippen molar-refractivity contribution in [2.75, 3.05) is 23.5 Å². The molecule has 5 rings (SSSR count). The average Bonchev–Trinajstić information content (AvgIpc) is 3.29. The van der Waals surface area contributed by atoms with Crippen LogP contribution in [0.4, 0.5) is 10.1 Å². The van der Waals surface area contributed by atoms with Crippen molar-refractivity contribution < 1.29 is 9.13 Å². The van der Waals surface area contributed by atoms with E-state index in [2.05, 4.69) is 41.9 Å². The number of rotatable bonds is 4. The number of nitrogens with zero attached hydrogens (tertiary/aromatic N) is 3. The molecule has 2 unspecified atom stereocenters. The maximum absolute atomic E-state index is 13.4. The van der Waals surface area contributed by atoms with Crippen LogP contribution in [0.5, 0.6) is 11.5 Å². The minimum absolute atomic E-state index is 0.261. The number of aromatic nitrogens is 2. The van der Waals surface area contributed by atoms with E-state index in [4.69, 9.17) is 9.84 Å². The molecule has 0 aliphatic carbocycles. The molecule has 0 bridgehead atoms. The molecule has 3 heterocycles. The third kappa shape index (κ3) is 4.05. The van der Waals surface area contributed by atoms with Crippen LogP contribution >= 0.6 is 11.8 Å². The monoisotopic (exact) mass is 437 g/mol. The fourth-order valence-electron chi connectivity index (χ4n) is 4.55. The van der Waals surface area contributed by atoms with E-state index in [0.717, 1.165) is 35.5 Å².